The summed E-state index contributed by atoms with van der Waals surface area (Å²) in [6, 6.07) is 4.06. The zero-order chi connectivity index (χ0) is 12.4. The van der Waals surface area contributed by atoms with Gasteiger partial charge in [-0.25, -0.2) is 4.98 Å². The third kappa shape index (κ3) is 2.96. The summed E-state index contributed by atoms with van der Waals surface area (Å²) in [4.78, 5) is 16.4. The fourth-order valence-electron chi connectivity index (χ4n) is 1.60. The van der Waals surface area contributed by atoms with E-state index in [0.29, 0.717) is 17.5 Å². The molecule has 92 valence electrons. The van der Waals surface area contributed by atoms with E-state index in [1.165, 1.54) is 0 Å². The zero-order valence-electron chi connectivity index (χ0n) is 10.6. The Kier molecular flexibility index (Phi) is 3.31. The van der Waals surface area contributed by atoms with Crippen molar-refractivity contribution in [2.75, 3.05) is 12.4 Å². The van der Waals surface area contributed by atoms with Crippen LogP contribution in [0.4, 0.5) is 5.82 Å². The Morgan fingerprint density at radius 1 is 1.41 bits per heavy atom. The first-order valence-corrected chi connectivity index (χ1v) is 6.10. The summed E-state index contributed by atoms with van der Waals surface area (Å²) < 4.78 is 0. The van der Waals surface area contributed by atoms with Crippen molar-refractivity contribution in [2.45, 2.75) is 38.6 Å². The van der Waals surface area contributed by atoms with Crippen molar-refractivity contribution in [3.63, 3.8) is 0 Å². The fraction of sp³-hybridized carbons (Fsp3) is 0.538. The van der Waals surface area contributed by atoms with Crippen molar-refractivity contribution < 1.29 is 4.79 Å². The highest BCUT2D eigenvalue weighted by Gasteiger charge is 2.24. The number of carbonyl (C=O) groups excluding carboxylic acids is 1. The number of anilines is 1. The van der Waals surface area contributed by atoms with Crippen molar-refractivity contribution in [1.29, 1.82) is 0 Å². The predicted molar refractivity (Wildman–Crippen MR) is 68.4 cm³/mol. The topological polar surface area (TPSA) is 54.0 Å². The molecule has 1 fully saturated rings. The normalized spacial score (nSPS) is 14.8. The lowest BCUT2D eigenvalue weighted by Gasteiger charge is -2.11. The molecule has 0 spiro atoms. The van der Waals surface area contributed by atoms with Gasteiger partial charge in [-0.2, -0.15) is 0 Å². The minimum atomic E-state index is 0.00769. The first-order chi connectivity index (χ1) is 8.10. The van der Waals surface area contributed by atoms with E-state index in [1.807, 2.05) is 13.1 Å². The van der Waals surface area contributed by atoms with E-state index in [-0.39, 0.29) is 5.91 Å². The van der Waals surface area contributed by atoms with E-state index in [1.54, 1.807) is 6.07 Å². The van der Waals surface area contributed by atoms with Gasteiger partial charge in [-0.05, 0) is 30.9 Å². The Hall–Kier alpha value is -1.58. The maximum Gasteiger partial charge on any atom is 0.251 e. The Morgan fingerprint density at radius 2 is 2.12 bits per heavy atom. The van der Waals surface area contributed by atoms with E-state index in [0.717, 1.165) is 24.4 Å². The molecule has 2 rings (SSSR count). The molecule has 1 aromatic rings. The third-order valence-electron chi connectivity index (χ3n) is 2.87. The molecule has 0 saturated heterocycles. The molecule has 1 aliphatic carbocycles. The second-order valence-electron chi connectivity index (χ2n) is 4.82. The summed E-state index contributed by atoms with van der Waals surface area (Å²) in [5.41, 5.74) is 1.64. The van der Waals surface area contributed by atoms with Gasteiger partial charge < -0.3 is 10.6 Å². The molecule has 1 aliphatic rings. The van der Waals surface area contributed by atoms with Gasteiger partial charge in [0.25, 0.3) is 5.91 Å². The van der Waals surface area contributed by atoms with Gasteiger partial charge in [-0.3, -0.25) is 4.79 Å². The highest BCUT2D eigenvalue weighted by molar-refractivity contribution is 5.95. The van der Waals surface area contributed by atoms with Crippen LogP contribution in [0.5, 0.6) is 0 Å². The Bertz CT molecular complexity index is 425. The van der Waals surface area contributed by atoms with E-state index < -0.39 is 0 Å². The molecule has 1 aromatic heterocycles. The molecule has 0 aromatic carbocycles. The maximum atomic E-state index is 12.0. The molecule has 1 saturated carbocycles. The van der Waals surface area contributed by atoms with Gasteiger partial charge in [0.2, 0.25) is 0 Å². The van der Waals surface area contributed by atoms with Gasteiger partial charge in [-0.1, -0.05) is 13.8 Å². The van der Waals surface area contributed by atoms with E-state index in [9.17, 15) is 4.79 Å². The summed E-state index contributed by atoms with van der Waals surface area (Å²) >= 11 is 0. The van der Waals surface area contributed by atoms with Gasteiger partial charge >= 0.3 is 0 Å². The smallest absolute Gasteiger partial charge is 0.251 e. The van der Waals surface area contributed by atoms with Crippen LogP contribution in [0, 0.1) is 0 Å². The second kappa shape index (κ2) is 4.73. The summed E-state index contributed by atoms with van der Waals surface area (Å²) in [5.74, 6) is 1.07. The van der Waals surface area contributed by atoms with Crippen molar-refractivity contribution in [2.24, 2.45) is 0 Å². The highest BCUT2D eigenvalue weighted by Crippen LogP contribution is 2.21. The van der Waals surface area contributed by atoms with Crippen molar-refractivity contribution in [1.82, 2.24) is 10.3 Å². The van der Waals surface area contributed by atoms with Crippen molar-refractivity contribution >= 4 is 11.7 Å². The number of nitrogens with one attached hydrogen (secondary N) is 2. The van der Waals surface area contributed by atoms with Crippen LogP contribution in [-0.2, 0) is 0 Å². The van der Waals surface area contributed by atoms with Crippen LogP contribution in [0.15, 0.2) is 12.1 Å². The molecule has 0 bridgehead atoms. The van der Waals surface area contributed by atoms with E-state index in [2.05, 4.69) is 29.5 Å². The number of pyridine rings is 1. The molecule has 0 unspecified atom stereocenters. The van der Waals surface area contributed by atoms with Crippen LogP contribution in [-0.4, -0.2) is 24.0 Å². The molecule has 0 atom stereocenters. The molecular formula is C13H19N3O. The number of amides is 1. The molecule has 17 heavy (non-hydrogen) atoms. The predicted octanol–water partition coefficient (Wildman–Crippen LogP) is 2.14. The average Bonchev–Trinajstić information content (AvgIpc) is 3.12. The van der Waals surface area contributed by atoms with Crippen LogP contribution < -0.4 is 10.6 Å². The Balaban J connectivity index is 2.24. The lowest BCUT2D eigenvalue weighted by Crippen LogP contribution is -2.25. The van der Waals surface area contributed by atoms with Crippen LogP contribution in [0.2, 0.25) is 0 Å². The van der Waals surface area contributed by atoms with Gasteiger partial charge in [0.1, 0.15) is 5.82 Å². The SMILES string of the molecule is CNc1cc(C(=O)NC2CC2)cc(C(C)C)n1. The summed E-state index contributed by atoms with van der Waals surface area (Å²) in [6.07, 6.45) is 2.21. The summed E-state index contributed by atoms with van der Waals surface area (Å²) in [6.45, 7) is 4.15. The maximum absolute atomic E-state index is 12.0. The number of rotatable bonds is 4. The highest BCUT2D eigenvalue weighted by atomic mass is 16.1. The lowest BCUT2D eigenvalue weighted by atomic mass is 10.1. The molecule has 4 heteroatoms. The molecular weight excluding hydrogens is 214 g/mol. The van der Waals surface area contributed by atoms with Crippen LogP contribution >= 0.6 is 0 Å². The zero-order valence-corrected chi connectivity index (χ0v) is 10.6. The van der Waals surface area contributed by atoms with Gasteiger partial charge in [0, 0.05) is 24.3 Å². The van der Waals surface area contributed by atoms with Crippen LogP contribution in [0.1, 0.15) is 48.7 Å². The van der Waals surface area contributed by atoms with Gasteiger partial charge in [0.05, 0.1) is 0 Å². The number of hydrogen-bond acceptors (Lipinski definition) is 3. The largest absolute Gasteiger partial charge is 0.373 e. The molecule has 0 radical (unpaired) electrons. The Morgan fingerprint density at radius 3 is 2.65 bits per heavy atom. The fourth-order valence-corrected chi connectivity index (χ4v) is 1.60. The van der Waals surface area contributed by atoms with Gasteiger partial charge in [-0.15, -0.1) is 0 Å². The first kappa shape index (κ1) is 11.9. The monoisotopic (exact) mass is 233 g/mol. The minimum absolute atomic E-state index is 0.00769. The average molecular weight is 233 g/mol. The third-order valence-corrected chi connectivity index (χ3v) is 2.87. The van der Waals surface area contributed by atoms with Crippen molar-refractivity contribution in [3.05, 3.63) is 23.4 Å². The molecule has 0 aliphatic heterocycles. The van der Waals surface area contributed by atoms with Crippen LogP contribution in [0.25, 0.3) is 0 Å². The summed E-state index contributed by atoms with van der Waals surface area (Å²) in [5, 5.41) is 5.99. The molecule has 2 N–H and O–H groups in total. The van der Waals surface area contributed by atoms with Gasteiger partial charge in [0.15, 0.2) is 0 Å². The minimum Gasteiger partial charge on any atom is -0.373 e. The van der Waals surface area contributed by atoms with Crippen LogP contribution in [0.3, 0.4) is 0 Å². The van der Waals surface area contributed by atoms with E-state index in [4.69, 9.17) is 0 Å². The number of carbonyl (C=O) groups is 1. The lowest BCUT2D eigenvalue weighted by molar-refractivity contribution is 0.0951. The quantitative estimate of drug-likeness (QED) is 0.837. The number of nitrogens with zero attached hydrogens (tertiary/aromatic N) is 1. The number of aromatic nitrogens is 1. The molecule has 1 heterocycles. The summed E-state index contributed by atoms with van der Waals surface area (Å²) in [7, 11) is 1.81. The van der Waals surface area contributed by atoms with E-state index >= 15 is 0 Å². The van der Waals surface area contributed by atoms with Crippen molar-refractivity contribution in [3.8, 4) is 0 Å². The second-order valence-corrected chi connectivity index (χ2v) is 4.82. The molecule has 4 nitrogen and oxygen atoms in total. The standard InChI is InChI=1S/C13H19N3O/c1-8(2)11-6-9(7-12(14-3)16-11)13(17)15-10-4-5-10/h6-8,10H,4-5H2,1-3H3,(H,14,16)(H,15,17). The first-order valence-electron chi connectivity index (χ1n) is 6.10. The Labute approximate surface area is 102 Å². The molecule has 1 amide bonds. The number of hydrogen-bond donors (Lipinski definition) is 2.